The molecule has 0 bridgehead atoms. The lowest BCUT2D eigenvalue weighted by atomic mass is 10.1. The molecule has 5 nitrogen and oxygen atoms in total. The first-order valence-electron chi connectivity index (χ1n) is 10.2. The summed E-state index contributed by atoms with van der Waals surface area (Å²) in [5, 5.41) is 1.07. The Morgan fingerprint density at radius 1 is 1.06 bits per heavy atom. The van der Waals surface area contributed by atoms with E-state index in [4.69, 9.17) is 49.6 Å². The van der Waals surface area contributed by atoms with Crippen molar-refractivity contribution in [1.82, 2.24) is 0 Å². The number of nitrogens with zero attached hydrogens (tertiary/aromatic N) is 1. The van der Waals surface area contributed by atoms with Gasteiger partial charge in [0.1, 0.15) is 12.4 Å². The summed E-state index contributed by atoms with van der Waals surface area (Å²) in [6.45, 7) is 0.227. The Hall–Kier alpha value is -2.23. The monoisotopic (exact) mass is 609 g/mol. The number of anilines is 1. The number of hydrogen-bond acceptors (Lipinski definition) is 6. The van der Waals surface area contributed by atoms with Gasteiger partial charge in [-0.05, 0) is 76.1 Å². The molecule has 0 spiro atoms. The lowest BCUT2D eigenvalue weighted by Crippen LogP contribution is -2.27. The second-order valence-corrected chi connectivity index (χ2v) is 10.6. The van der Waals surface area contributed by atoms with Crippen molar-refractivity contribution in [3.8, 4) is 17.2 Å². The number of hydrogen-bond donors (Lipinski definition) is 0. The van der Waals surface area contributed by atoms with E-state index in [1.54, 1.807) is 62.8 Å². The van der Waals surface area contributed by atoms with Gasteiger partial charge in [0.15, 0.2) is 15.8 Å². The summed E-state index contributed by atoms with van der Waals surface area (Å²) in [7, 11) is 3.14. The fourth-order valence-corrected chi connectivity index (χ4v) is 5.66. The molecule has 1 heterocycles. The number of halogens is 3. The lowest BCUT2D eigenvalue weighted by Gasteiger charge is -2.15. The maximum Gasteiger partial charge on any atom is 0.270 e. The number of carbonyl (C=O) groups excluding carboxylic acids is 1. The predicted molar refractivity (Wildman–Crippen MR) is 150 cm³/mol. The van der Waals surface area contributed by atoms with Crippen molar-refractivity contribution >= 4 is 85.1 Å². The van der Waals surface area contributed by atoms with Crippen LogP contribution in [0.4, 0.5) is 5.69 Å². The largest absolute Gasteiger partial charge is 0.497 e. The Bertz CT molecular complexity index is 1330. The zero-order valence-electron chi connectivity index (χ0n) is 18.5. The average Bonchev–Trinajstić information content (AvgIpc) is 3.11. The molecule has 0 saturated carbocycles. The third-order valence-electron chi connectivity index (χ3n) is 5.06. The van der Waals surface area contributed by atoms with E-state index < -0.39 is 0 Å². The van der Waals surface area contributed by atoms with Crippen LogP contribution in [0, 0.1) is 0 Å². The summed E-state index contributed by atoms with van der Waals surface area (Å²) in [6, 6.07) is 16.0. The SMILES string of the molecule is COc1ccc(N2C(=O)/C(=C/c3cc(Br)c(OCc4ccc(Cl)cc4Cl)c(OC)c3)SC2=S)cc1. The molecule has 0 aliphatic carbocycles. The number of benzene rings is 3. The van der Waals surface area contributed by atoms with Crippen LogP contribution in [0.3, 0.4) is 0 Å². The molecule has 10 heteroatoms. The molecule has 0 N–H and O–H groups in total. The van der Waals surface area contributed by atoms with Gasteiger partial charge in [-0.1, -0.05) is 53.2 Å². The molecular weight excluding hydrogens is 593 g/mol. The normalized spacial score (nSPS) is 14.5. The van der Waals surface area contributed by atoms with Crippen LogP contribution >= 0.6 is 63.1 Å². The van der Waals surface area contributed by atoms with Crippen molar-refractivity contribution in [3.05, 3.63) is 85.1 Å². The van der Waals surface area contributed by atoms with Gasteiger partial charge in [-0.15, -0.1) is 0 Å². The smallest absolute Gasteiger partial charge is 0.270 e. The van der Waals surface area contributed by atoms with Crippen LogP contribution in [-0.4, -0.2) is 24.4 Å². The van der Waals surface area contributed by atoms with E-state index in [9.17, 15) is 4.79 Å². The molecule has 1 amide bonds. The Morgan fingerprint density at radius 2 is 1.80 bits per heavy atom. The lowest BCUT2D eigenvalue weighted by molar-refractivity contribution is -0.113. The number of thiocarbonyl (C=S) groups is 1. The Labute approximate surface area is 231 Å². The highest BCUT2D eigenvalue weighted by Gasteiger charge is 2.33. The van der Waals surface area contributed by atoms with Gasteiger partial charge in [-0.3, -0.25) is 9.69 Å². The van der Waals surface area contributed by atoms with E-state index in [2.05, 4.69) is 15.9 Å². The van der Waals surface area contributed by atoms with Crippen molar-refractivity contribution in [2.75, 3.05) is 19.1 Å². The van der Waals surface area contributed by atoms with Gasteiger partial charge in [0.2, 0.25) is 0 Å². The molecule has 4 rings (SSSR count). The molecule has 1 aliphatic heterocycles. The van der Waals surface area contributed by atoms with E-state index in [0.717, 1.165) is 11.1 Å². The fourth-order valence-electron chi connectivity index (χ4n) is 3.32. The molecule has 3 aromatic rings. The number of ether oxygens (including phenoxy) is 3. The minimum atomic E-state index is -0.196. The molecule has 0 aromatic heterocycles. The van der Waals surface area contributed by atoms with Gasteiger partial charge in [-0.25, -0.2) is 0 Å². The molecule has 180 valence electrons. The van der Waals surface area contributed by atoms with Gasteiger partial charge < -0.3 is 14.2 Å². The third-order valence-corrected chi connectivity index (χ3v) is 7.54. The molecule has 0 radical (unpaired) electrons. The van der Waals surface area contributed by atoms with Crippen LogP contribution in [0.25, 0.3) is 6.08 Å². The molecule has 0 atom stereocenters. The van der Waals surface area contributed by atoms with Gasteiger partial charge >= 0.3 is 0 Å². The first-order valence-corrected chi connectivity index (χ1v) is 12.9. The van der Waals surface area contributed by atoms with Crippen molar-refractivity contribution in [2.24, 2.45) is 0 Å². The zero-order chi connectivity index (χ0) is 25.1. The number of carbonyl (C=O) groups is 1. The maximum atomic E-state index is 13.1. The summed E-state index contributed by atoms with van der Waals surface area (Å²) in [6.07, 6.45) is 1.77. The summed E-state index contributed by atoms with van der Waals surface area (Å²) in [5.41, 5.74) is 2.22. The summed E-state index contributed by atoms with van der Waals surface area (Å²) in [4.78, 5) is 15.1. The van der Waals surface area contributed by atoms with E-state index >= 15 is 0 Å². The minimum absolute atomic E-state index is 0.196. The predicted octanol–water partition coefficient (Wildman–Crippen LogP) is 7.76. The number of amides is 1. The van der Waals surface area contributed by atoms with E-state index in [0.29, 0.717) is 46.7 Å². The number of rotatable bonds is 7. The standard InChI is InChI=1S/C25H18BrCl2NO4S2/c1-31-18-7-5-17(6-8-18)29-24(30)22(35-25(29)34)11-14-9-19(26)23(21(10-14)32-2)33-13-15-3-4-16(27)12-20(15)28/h3-12H,13H2,1-2H3/b22-11-. The fraction of sp³-hybridized carbons (Fsp3) is 0.120. The molecular formula is C25H18BrCl2NO4S2. The van der Waals surface area contributed by atoms with Crippen LogP contribution in [0.15, 0.2) is 64.0 Å². The molecule has 1 fully saturated rings. The summed E-state index contributed by atoms with van der Waals surface area (Å²) < 4.78 is 17.9. The van der Waals surface area contributed by atoms with E-state index in [1.807, 2.05) is 12.1 Å². The van der Waals surface area contributed by atoms with Gasteiger partial charge in [-0.2, -0.15) is 0 Å². The first-order chi connectivity index (χ1) is 16.8. The van der Waals surface area contributed by atoms with Gasteiger partial charge in [0.05, 0.1) is 29.3 Å². The van der Waals surface area contributed by atoms with E-state index in [-0.39, 0.29) is 12.5 Å². The molecule has 35 heavy (non-hydrogen) atoms. The topological polar surface area (TPSA) is 48.0 Å². The minimum Gasteiger partial charge on any atom is -0.497 e. The van der Waals surface area contributed by atoms with Crippen LogP contribution in [0.1, 0.15) is 11.1 Å². The highest BCUT2D eigenvalue weighted by molar-refractivity contribution is 9.10. The molecule has 0 unspecified atom stereocenters. The van der Waals surface area contributed by atoms with Crippen LogP contribution in [0.2, 0.25) is 10.0 Å². The van der Waals surface area contributed by atoms with Gasteiger partial charge in [0, 0.05) is 15.6 Å². The van der Waals surface area contributed by atoms with E-state index in [1.165, 1.54) is 16.7 Å². The van der Waals surface area contributed by atoms with Crippen LogP contribution < -0.4 is 19.1 Å². The summed E-state index contributed by atoms with van der Waals surface area (Å²) >= 11 is 22.5. The Balaban J connectivity index is 1.57. The highest BCUT2D eigenvalue weighted by atomic mass is 79.9. The quantitative estimate of drug-likeness (QED) is 0.201. The Kier molecular flexibility index (Phi) is 8.29. The molecule has 1 saturated heterocycles. The second-order valence-electron chi connectivity index (χ2n) is 7.27. The van der Waals surface area contributed by atoms with Crippen molar-refractivity contribution in [3.63, 3.8) is 0 Å². The van der Waals surface area contributed by atoms with Crippen molar-refractivity contribution in [2.45, 2.75) is 6.61 Å². The third kappa shape index (κ3) is 5.78. The number of thioether (sulfide) groups is 1. The first kappa shape index (κ1) is 25.9. The zero-order valence-corrected chi connectivity index (χ0v) is 23.2. The number of methoxy groups -OCH3 is 2. The van der Waals surface area contributed by atoms with Crippen LogP contribution in [-0.2, 0) is 11.4 Å². The van der Waals surface area contributed by atoms with Gasteiger partial charge in [0.25, 0.3) is 5.91 Å². The maximum absolute atomic E-state index is 13.1. The molecule has 3 aromatic carbocycles. The molecule has 1 aliphatic rings. The Morgan fingerprint density at radius 3 is 2.46 bits per heavy atom. The average molecular weight is 611 g/mol. The summed E-state index contributed by atoms with van der Waals surface area (Å²) in [5.74, 6) is 1.52. The van der Waals surface area contributed by atoms with Crippen molar-refractivity contribution < 1.29 is 19.0 Å². The van der Waals surface area contributed by atoms with Crippen molar-refractivity contribution in [1.29, 1.82) is 0 Å². The highest BCUT2D eigenvalue weighted by Crippen LogP contribution is 2.41. The van der Waals surface area contributed by atoms with Crippen LogP contribution in [0.5, 0.6) is 17.2 Å². The second kappa shape index (κ2) is 11.2.